The molecule has 10 rings (SSSR count). The second kappa shape index (κ2) is 11.7. The molecule has 1 aliphatic carbocycles. The molecule has 51 heavy (non-hydrogen) atoms. The Kier molecular flexibility index (Phi) is 5.72. The van der Waals surface area contributed by atoms with E-state index in [9.17, 15) is 0 Å². The van der Waals surface area contributed by atoms with Crippen molar-refractivity contribution in [3.63, 3.8) is 0 Å². The zero-order chi connectivity index (χ0) is 38.3. The number of benzene rings is 7. The van der Waals surface area contributed by atoms with Gasteiger partial charge in [-0.2, -0.15) is 0 Å². The van der Waals surface area contributed by atoms with Gasteiger partial charge in [0.25, 0.3) is 0 Å². The van der Waals surface area contributed by atoms with E-state index in [-0.39, 0.29) is 23.5 Å². The molecular weight excluding hydrogens is 637 g/mol. The van der Waals surface area contributed by atoms with Crippen molar-refractivity contribution in [2.24, 2.45) is 0 Å². The van der Waals surface area contributed by atoms with Gasteiger partial charge in [-0.15, -0.1) is 11.3 Å². The molecule has 0 amide bonds. The van der Waals surface area contributed by atoms with Crippen molar-refractivity contribution >= 4 is 31.5 Å². The van der Waals surface area contributed by atoms with Crippen LogP contribution in [-0.4, -0.2) is 9.97 Å². The molecular formula is C48H32N2S. The maximum absolute atomic E-state index is 8.91. The van der Waals surface area contributed by atoms with Gasteiger partial charge in [-0.1, -0.05) is 152 Å². The van der Waals surface area contributed by atoms with E-state index >= 15 is 0 Å². The molecule has 9 aromatic rings. The van der Waals surface area contributed by atoms with Gasteiger partial charge in [0.2, 0.25) is 0 Å². The predicted molar refractivity (Wildman–Crippen MR) is 214 cm³/mol. The monoisotopic (exact) mass is 673 g/mol. The predicted octanol–water partition coefficient (Wildman–Crippen LogP) is 12.8. The Balaban J connectivity index is 1.23. The summed E-state index contributed by atoms with van der Waals surface area (Å²) in [5.74, 6) is 0.0699. The molecule has 3 heteroatoms. The van der Waals surface area contributed by atoms with Gasteiger partial charge < -0.3 is 0 Å². The minimum absolute atomic E-state index is 0.0353. The third kappa shape index (κ3) is 4.70. The largest absolute Gasteiger partial charge is 0.228 e. The second-order valence-electron chi connectivity index (χ2n) is 13.1. The number of thiophene rings is 1. The van der Waals surface area contributed by atoms with Crippen LogP contribution in [0.4, 0.5) is 0 Å². The van der Waals surface area contributed by atoms with Crippen LogP contribution in [0.5, 0.6) is 0 Å². The van der Waals surface area contributed by atoms with E-state index in [0.29, 0.717) is 11.4 Å². The average Bonchev–Trinajstić information content (AvgIpc) is 3.76. The normalized spacial score (nSPS) is 16.2. The maximum atomic E-state index is 8.91. The number of fused-ring (bicyclic) bond motifs is 6. The van der Waals surface area contributed by atoms with Crippen molar-refractivity contribution in [1.82, 2.24) is 9.97 Å². The van der Waals surface area contributed by atoms with E-state index in [0.717, 1.165) is 38.9 Å². The van der Waals surface area contributed by atoms with E-state index in [2.05, 4.69) is 128 Å². The summed E-state index contributed by atoms with van der Waals surface area (Å²) in [6.07, 6.45) is 0. The van der Waals surface area contributed by atoms with Gasteiger partial charge in [-0.3, -0.25) is 0 Å². The van der Waals surface area contributed by atoms with E-state index in [1.807, 2.05) is 24.3 Å². The third-order valence-corrected chi connectivity index (χ3v) is 11.4. The fraction of sp³-hybridized carbons (Fsp3) is 0.0417. The third-order valence-electron chi connectivity index (χ3n) is 10.3. The second-order valence-corrected chi connectivity index (χ2v) is 14.2. The lowest BCUT2D eigenvalue weighted by Gasteiger charge is -2.28. The molecule has 240 valence electrons. The Labute approximate surface area is 308 Å². The number of aromatic nitrogens is 2. The standard InChI is InChI=1S/C48H32N2S/c1-48(34-19-6-3-7-20-34)39-25-10-8-21-36(39)45-37(24-13-26-40(45)48)42-30-41(49-47(50-42)31-15-4-2-5-16-31)33-18-12-17-32(29-33)35-23-14-28-44-46(35)38-22-9-11-27-43(38)51-44/h2-30H,1H3/i2D,4D,5D,15D,16D. The molecule has 0 fully saturated rings. The molecule has 1 aliphatic rings. The lowest BCUT2D eigenvalue weighted by molar-refractivity contribution is 0.714. The first-order chi connectivity index (χ1) is 27.2. The Morgan fingerprint density at radius 1 is 0.529 bits per heavy atom. The van der Waals surface area contributed by atoms with Crippen LogP contribution < -0.4 is 0 Å². The maximum Gasteiger partial charge on any atom is 0.160 e. The van der Waals surface area contributed by atoms with Crippen LogP contribution in [0.25, 0.3) is 76.3 Å². The van der Waals surface area contributed by atoms with Gasteiger partial charge in [-0.05, 0) is 70.1 Å². The molecule has 2 heterocycles. The number of nitrogens with zero attached hydrogens (tertiary/aromatic N) is 2. The first-order valence-electron chi connectivity index (χ1n) is 19.5. The molecule has 7 aromatic carbocycles. The summed E-state index contributed by atoms with van der Waals surface area (Å²) in [7, 11) is 0. The average molecular weight is 674 g/mol. The molecule has 0 radical (unpaired) electrons. The highest BCUT2D eigenvalue weighted by Crippen LogP contribution is 2.55. The molecule has 0 saturated heterocycles. The molecule has 0 N–H and O–H groups in total. The van der Waals surface area contributed by atoms with Crippen LogP contribution in [-0.2, 0) is 5.41 Å². The van der Waals surface area contributed by atoms with Gasteiger partial charge in [0.1, 0.15) is 0 Å². The van der Waals surface area contributed by atoms with Crippen LogP contribution in [0, 0.1) is 0 Å². The molecule has 0 spiro atoms. The van der Waals surface area contributed by atoms with E-state index in [1.165, 1.54) is 31.3 Å². The summed E-state index contributed by atoms with van der Waals surface area (Å²) in [5.41, 5.74) is 10.2. The zero-order valence-electron chi connectivity index (χ0n) is 32.7. The first kappa shape index (κ1) is 24.9. The summed E-state index contributed by atoms with van der Waals surface area (Å²) in [6.45, 7) is 2.27. The van der Waals surface area contributed by atoms with Crippen molar-refractivity contribution in [3.8, 4) is 56.2 Å². The van der Waals surface area contributed by atoms with Crippen LogP contribution in [0.2, 0.25) is 0 Å². The summed E-state index contributed by atoms with van der Waals surface area (Å²) in [6, 6.07) is 48.4. The number of hydrogen-bond donors (Lipinski definition) is 0. The van der Waals surface area contributed by atoms with Crippen molar-refractivity contribution < 1.29 is 6.85 Å². The fourth-order valence-corrected chi connectivity index (χ4v) is 9.04. The van der Waals surface area contributed by atoms with Crippen molar-refractivity contribution in [1.29, 1.82) is 0 Å². The molecule has 1 atom stereocenters. The van der Waals surface area contributed by atoms with Gasteiger partial charge in [0.15, 0.2) is 5.82 Å². The number of rotatable bonds is 5. The Morgan fingerprint density at radius 2 is 1.20 bits per heavy atom. The van der Waals surface area contributed by atoms with Gasteiger partial charge in [0.05, 0.1) is 18.2 Å². The SMILES string of the molecule is [2H]c1c([2H])c([2H])c(-c2nc(-c3cccc(-c4cccc5sc6ccccc6c45)c3)cc(-c3cccc4c3-c3ccccc3C4(C)c3ccccc3)n2)c([2H])c1[2H]. The highest BCUT2D eigenvalue weighted by molar-refractivity contribution is 7.25. The van der Waals surface area contributed by atoms with E-state index in [4.69, 9.17) is 16.8 Å². The van der Waals surface area contributed by atoms with Crippen LogP contribution in [0.3, 0.4) is 0 Å². The summed E-state index contributed by atoms with van der Waals surface area (Å²) in [4.78, 5) is 10.1. The highest BCUT2D eigenvalue weighted by Gasteiger charge is 2.41. The minimum atomic E-state index is -0.458. The quantitative estimate of drug-likeness (QED) is 0.182. The zero-order valence-corrected chi connectivity index (χ0v) is 28.5. The van der Waals surface area contributed by atoms with E-state index < -0.39 is 23.5 Å². The molecule has 2 aromatic heterocycles. The topological polar surface area (TPSA) is 25.8 Å². The molecule has 0 aliphatic heterocycles. The fourth-order valence-electron chi connectivity index (χ4n) is 7.91. The van der Waals surface area contributed by atoms with Crippen molar-refractivity contribution in [2.75, 3.05) is 0 Å². The van der Waals surface area contributed by atoms with Crippen LogP contribution in [0.1, 0.15) is 30.5 Å². The summed E-state index contributed by atoms with van der Waals surface area (Å²) in [5, 5.41) is 2.41. The van der Waals surface area contributed by atoms with Gasteiger partial charge in [-0.25, -0.2) is 9.97 Å². The Morgan fingerprint density at radius 3 is 2.10 bits per heavy atom. The van der Waals surface area contributed by atoms with Crippen molar-refractivity contribution in [3.05, 3.63) is 192 Å². The minimum Gasteiger partial charge on any atom is -0.228 e. The van der Waals surface area contributed by atoms with Gasteiger partial charge >= 0.3 is 0 Å². The lowest BCUT2D eigenvalue weighted by atomic mass is 9.74. The molecule has 1 unspecified atom stereocenters. The smallest absolute Gasteiger partial charge is 0.160 e. The first-order valence-corrected chi connectivity index (χ1v) is 17.8. The van der Waals surface area contributed by atoms with Crippen molar-refractivity contribution in [2.45, 2.75) is 12.3 Å². The molecule has 0 bridgehead atoms. The number of hydrogen-bond acceptors (Lipinski definition) is 3. The Bertz CT molecular complexity index is 3040. The molecule has 0 saturated carbocycles. The van der Waals surface area contributed by atoms with E-state index in [1.54, 1.807) is 11.3 Å². The molecule has 2 nitrogen and oxygen atoms in total. The van der Waals surface area contributed by atoms with Crippen LogP contribution in [0.15, 0.2) is 176 Å². The highest BCUT2D eigenvalue weighted by atomic mass is 32.1. The van der Waals surface area contributed by atoms with Gasteiger partial charge in [0, 0.05) is 42.3 Å². The Hall–Kier alpha value is -6.16. The lowest BCUT2D eigenvalue weighted by Crippen LogP contribution is -2.22. The summed E-state index contributed by atoms with van der Waals surface area (Å²) < 4.78 is 45.5. The van der Waals surface area contributed by atoms with Crippen LogP contribution >= 0.6 is 11.3 Å². The summed E-state index contributed by atoms with van der Waals surface area (Å²) >= 11 is 1.78.